The van der Waals surface area contributed by atoms with Crippen molar-refractivity contribution in [3.8, 4) is 5.75 Å². The third-order valence-corrected chi connectivity index (χ3v) is 6.77. The largest absolute Gasteiger partial charge is 0.457 e. The van der Waals surface area contributed by atoms with Gasteiger partial charge in [0.25, 0.3) is 0 Å². The van der Waals surface area contributed by atoms with Crippen molar-refractivity contribution in [1.29, 1.82) is 0 Å². The molecule has 3 aliphatic rings. The molecule has 1 unspecified atom stereocenters. The van der Waals surface area contributed by atoms with E-state index in [-0.39, 0.29) is 23.4 Å². The van der Waals surface area contributed by atoms with E-state index in [1.807, 2.05) is 12.1 Å². The summed E-state index contributed by atoms with van der Waals surface area (Å²) in [6, 6.07) is 6.21. The number of fused-ring (bicyclic) bond motifs is 1. The molecule has 140 valence electrons. The molecule has 3 atom stereocenters. The zero-order valence-corrected chi connectivity index (χ0v) is 15.8. The second-order valence-corrected chi connectivity index (χ2v) is 8.14. The number of carbonyl (C=O) groups is 2. The summed E-state index contributed by atoms with van der Waals surface area (Å²) in [6.45, 7) is 3.94. The molecular weight excluding hydrogens is 330 g/mol. The van der Waals surface area contributed by atoms with E-state index in [1.165, 1.54) is 25.0 Å². The monoisotopic (exact) mass is 357 g/mol. The number of likely N-dealkylation sites (tertiary alicyclic amines) is 1. The number of likely N-dealkylation sites (N-methyl/N-ethyl adjacent to an activating group) is 1. The molecular formula is C21H27NO4. The molecule has 5 heteroatoms. The minimum Gasteiger partial charge on any atom is -0.457 e. The first-order valence-electron chi connectivity index (χ1n) is 9.60. The molecule has 0 N–H and O–H groups in total. The van der Waals surface area contributed by atoms with Crippen LogP contribution in [0.1, 0.15) is 57.1 Å². The first-order chi connectivity index (χ1) is 12.4. The Hall–Kier alpha value is -1.88. The zero-order valence-electron chi connectivity index (χ0n) is 15.8. The summed E-state index contributed by atoms with van der Waals surface area (Å²) in [4.78, 5) is 25.9. The summed E-state index contributed by atoms with van der Waals surface area (Å²) in [5.74, 6) is 0.0795. The molecule has 0 radical (unpaired) electrons. The molecule has 4 rings (SSSR count). The molecule has 5 nitrogen and oxygen atoms in total. The van der Waals surface area contributed by atoms with Gasteiger partial charge in [-0.3, -0.25) is 14.5 Å². The van der Waals surface area contributed by atoms with Gasteiger partial charge in [0.2, 0.25) is 0 Å². The van der Waals surface area contributed by atoms with E-state index >= 15 is 0 Å². The minimum atomic E-state index is -0.480. The highest BCUT2D eigenvalue weighted by Crippen LogP contribution is 2.60. The summed E-state index contributed by atoms with van der Waals surface area (Å²) in [5, 5.41) is 0. The van der Waals surface area contributed by atoms with Crippen LogP contribution >= 0.6 is 0 Å². The number of ether oxygens (including phenoxy) is 2. The van der Waals surface area contributed by atoms with E-state index in [0.717, 1.165) is 45.1 Å². The summed E-state index contributed by atoms with van der Waals surface area (Å²) in [5.41, 5.74) is 1.85. The maximum absolute atomic E-state index is 12.1. The third-order valence-electron chi connectivity index (χ3n) is 6.77. The van der Waals surface area contributed by atoms with Crippen LogP contribution in [-0.2, 0) is 26.2 Å². The number of hydrogen-bond acceptors (Lipinski definition) is 5. The van der Waals surface area contributed by atoms with Crippen LogP contribution in [0.5, 0.6) is 5.75 Å². The summed E-state index contributed by atoms with van der Waals surface area (Å²) >= 11 is 0. The van der Waals surface area contributed by atoms with Crippen LogP contribution in [0.4, 0.5) is 0 Å². The zero-order chi connectivity index (χ0) is 18.5. The Kier molecular flexibility index (Phi) is 4.10. The maximum atomic E-state index is 12.1. The Labute approximate surface area is 154 Å². The molecule has 1 saturated carbocycles. The standard InChI is InChI=1S/C21H27NO4/c1-14(23)25-17-7-6-16-12-19-21(26-15(2)24)9-5-4-8-20(21,18(16)13-17)10-11-22(19)3/h6-7,13,19H,4-5,8-12H2,1-3H3/t19-,20+,21?/m1/s1. The van der Waals surface area contributed by atoms with Crippen molar-refractivity contribution >= 4 is 11.9 Å². The SMILES string of the molecule is CC(=O)Oc1ccc2c(c1)[C@@]13CCCCC1(OC(C)=O)[C@@H](C2)N(C)CC3. The highest BCUT2D eigenvalue weighted by molar-refractivity contribution is 5.70. The molecule has 0 amide bonds. The molecule has 1 aromatic carbocycles. The predicted molar refractivity (Wildman–Crippen MR) is 97.1 cm³/mol. The number of benzene rings is 1. The van der Waals surface area contributed by atoms with Crippen molar-refractivity contribution < 1.29 is 19.1 Å². The van der Waals surface area contributed by atoms with Gasteiger partial charge in [-0.05, 0) is 69.0 Å². The number of piperidine rings is 1. The Balaban J connectivity index is 1.90. The maximum Gasteiger partial charge on any atom is 0.308 e. The molecule has 2 fully saturated rings. The molecule has 1 heterocycles. The lowest BCUT2D eigenvalue weighted by Gasteiger charge is -2.64. The van der Waals surface area contributed by atoms with Gasteiger partial charge >= 0.3 is 11.9 Å². The highest BCUT2D eigenvalue weighted by Gasteiger charge is 2.65. The predicted octanol–water partition coefficient (Wildman–Crippen LogP) is 2.99. The van der Waals surface area contributed by atoms with Crippen LogP contribution in [0, 0.1) is 0 Å². The van der Waals surface area contributed by atoms with Gasteiger partial charge in [0.05, 0.1) is 6.04 Å². The van der Waals surface area contributed by atoms with Gasteiger partial charge in [0.15, 0.2) is 0 Å². The van der Waals surface area contributed by atoms with E-state index < -0.39 is 5.60 Å². The average molecular weight is 357 g/mol. The number of esters is 2. The highest BCUT2D eigenvalue weighted by atomic mass is 16.6. The molecule has 1 aliphatic heterocycles. The van der Waals surface area contributed by atoms with E-state index in [2.05, 4.69) is 18.0 Å². The van der Waals surface area contributed by atoms with Crippen molar-refractivity contribution in [2.75, 3.05) is 13.6 Å². The van der Waals surface area contributed by atoms with Crippen LogP contribution in [0.25, 0.3) is 0 Å². The molecule has 2 bridgehead atoms. The van der Waals surface area contributed by atoms with Gasteiger partial charge in [0.1, 0.15) is 11.4 Å². The van der Waals surface area contributed by atoms with Crippen LogP contribution < -0.4 is 4.74 Å². The fraction of sp³-hybridized carbons (Fsp3) is 0.619. The lowest BCUT2D eigenvalue weighted by molar-refractivity contribution is -0.202. The molecule has 0 spiro atoms. The van der Waals surface area contributed by atoms with E-state index in [9.17, 15) is 9.59 Å². The normalized spacial score (nSPS) is 33.0. The second kappa shape index (κ2) is 6.08. The molecule has 0 aromatic heterocycles. The summed E-state index contributed by atoms with van der Waals surface area (Å²) in [7, 11) is 2.15. The Bertz CT molecular complexity index is 760. The van der Waals surface area contributed by atoms with E-state index in [0.29, 0.717) is 5.75 Å². The molecule has 1 saturated heterocycles. The third kappa shape index (κ3) is 2.40. The van der Waals surface area contributed by atoms with Crippen molar-refractivity contribution in [2.24, 2.45) is 0 Å². The number of carbonyl (C=O) groups excluding carboxylic acids is 2. The van der Waals surface area contributed by atoms with Gasteiger partial charge < -0.3 is 9.47 Å². The topological polar surface area (TPSA) is 55.8 Å². The van der Waals surface area contributed by atoms with E-state index in [1.54, 1.807) is 0 Å². The Morgan fingerprint density at radius 1 is 1.12 bits per heavy atom. The lowest BCUT2D eigenvalue weighted by Crippen LogP contribution is -2.73. The van der Waals surface area contributed by atoms with Crippen LogP contribution in [0.15, 0.2) is 18.2 Å². The molecule has 1 aromatic rings. The average Bonchev–Trinajstić information content (AvgIpc) is 2.57. The van der Waals surface area contributed by atoms with Gasteiger partial charge in [0, 0.05) is 19.3 Å². The molecule has 26 heavy (non-hydrogen) atoms. The molecule has 2 aliphatic carbocycles. The Morgan fingerprint density at radius 3 is 2.62 bits per heavy atom. The fourth-order valence-corrected chi connectivity index (χ4v) is 5.87. The number of rotatable bonds is 2. The van der Waals surface area contributed by atoms with Crippen molar-refractivity contribution in [3.05, 3.63) is 29.3 Å². The first kappa shape index (κ1) is 17.5. The van der Waals surface area contributed by atoms with Crippen molar-refractivity contribution in [3.63, 3.8) is 0 Å². The van der Waals surface area contributed by atoms with Crippen LogP contribution in [-0.4, -0.2) is 42.1 Å². The number of hydrogen-bond donors (Lipinski definition) is 0. The smallest absolute Gasteiger partial charge is 0.308 e. The summed E-state index contributed by atoms with van der Waals surface area (Å²) in [6.07, 6.45) is 5.96. The lowest BCUT2D eigenvalue weighted by atomic mass is 9.49. The van der Waals surface area contributed by atoms with Gasteiger partial charge in [-0.1, -0.05) is 12.5 Å². The first-order valence-corrected chi connectivity index (χ1v) is 9.60. The van der Waals surface area contributed by atoms with E-state index in [4.69, 9.17) is 9.47 Å². The second-order valence-electron chi connectivity index (χ2n) is 8.14. The van der Waals surface area contributed by atoms with Crippen molar-refractivity contribution in [2.45, 2.75) is 69.4 Å². The van der Waals surface area contributed by atoms with Gasteiger partial charge in [-0.15, -0.1) is 0 Å². The minimum absolute atomic E-state index is 0.183. The quantitative estimate of drug-likeness (QED) is 0.602. The fourth-order valence-electron chi connectivity index (χ4n) is 5.87. The summed E-state index contributed by atoms with van der Waals surface area (Å²) < 4.78 is 11.6. The van der Waals surface area contributed by atoms with Crippen LogP contribution in [0.2, 0.25) is 0 Å². The Morgan fingerprint density at radius 2 is 1.88 bits per heavy atom. The van der Waals surface area contributed by atoms with Gasteiger partial charge in [-0.25, -0.2) is 0 Å². The van der Waals surface area contributed by atoms with Crippen molar-refractivity contribution in [1.82, 2.24) is 4.90 Å². The number of nitrogens with zero attached hydrogens (tertiary/aromatic N) is 1. The van der Waals surface area contributed by atoms with Crippen LogP contribution in [0.3, 0.4) is 0 Å². The van der Waals surface area contributed by atoms with Gasteiger partial charge in [-0.2, -0.15) is 0 Å².